The van der Waals surface area contributed by atoms with Crippen molar-refractivity contribution >= 4 is 0 Å². The molecule has 0 aromatic rings. The van der Waals surface area contributed by atoms with Crippen molar-refractivity contribution in [2.75, 3.05) is 0 Å². The molecule has 118 valence electrons. The molecule has 1 N–H and O–H groups in total. The largest absolute Gasteiger partial charge is 0.385 e. The molecular formula is C21H28O. The molecule has 3 saturated carbocycles. The molecule has 3 fully saturated rings. The van der Waals surface area contributed by atoms with Gasteiger partial charge in [-0.15, -0.1) is 5.73 Å². The molecule has 4 rings (SSSR count). The van der Waals surface area contributed by atoms with Crippen LogP contribution < -0.4 is 0 Å². The summed E-state index contributed by atoms with van der Waals surface area (Å²) in [7, 11) is 0. The molecule has 0 radical (unpaired) electrons. The Hall–Kier alpha value is -1.04. The molecule has 7 atom stereocenters. The van der Waals surface area contributed by atoms with Crippen molar-refractivity contribution in [1.82, 2.24) is 0 Å². The number of hydrogen-bond donors (Lipinski definition) is 1. The lowest BCUT2D eigenvalue weighted by molar-refractivity contribution is 0.00571. The van der Waals surface area contributed by atoms with Gasteiger partial charge in [-0.2, -0.15) is 0 Å². The number of fused-ring (bicyclic) bond motifs is 5. The molecular weight excluding hydrogens is 268 g/mol. The lowest BCUT2D eigenvalue weighted by Crippen LogP contribution is -2.48. The van der Waals surface area contributed by atoms with Gasteiger partial charge in [-0.3, -0.25) is 0 Å². The van der Waals surface area contributed by atoms with Crippen molar-refractivity contribution in [3.63, 3.8) is 0 Å². The lowest BCUT2D eigenvalue weighted by Gasteiger charge is -2.55. The standard InChI is InChI=1S/C21H28O/c1-4-14-5-7-18-17-8-6-15-12-16(22)9-10-21(15,3)19(17)11-13(2)20(14)18/h9-10,12-13,16-20,22H,1,5-8,11H2,2-3H3/t13-,16+,17?,18?,19?,20?,21+/m1/s1. The van der Waals surface area contributed by atoms with Gasteiger partial charge in [0.15, 0.2) is 0 Å². The highest BCUT2D eigenvalue weighted by Crippen LogP contribution is 2.62. The van der Waals surface area contributed by atoms with E-state index in [9.17, 15) is 5.11 Å². The van der Waals surface area contributed by atoms with Crippen LogP contribution in [0.25, 0.3) is 0 Å². The van der Waals surface area contributed by atoms with Crippen molar-refractivity contribution in [3.8, 4) is 0 Å². The third-order valence-electron chi connectivity index (χ3n) is 7.36. The average molecular weight is 296 g/mol. The van der Waals surface area contributed by atoms with Crippen LogP contribution in [0.2, 0.25) is 0 Å². The molecule has 0 amide bonds. The van der Waals surface area contributed by atoms with E-state index in [0.717, 1.165) is 29.6 Å². The van der Waals surface area contributed by atoms with Crippen molar-refractivity contribution in [2.24, 2.45) is 35.0 Å². The number of aliphatic hydroxyl groups is 1. The van der Waals surface area contributed by atoms with Gasteiger partial charge in [0.05, 0.1) is 6.10 Å². The fourth-order valence-corrected chi connectivity index (χ4v) is 6.39. The van der Waals surface area contributed by atoms with Gasteiger partial charge < -0.3 is 5.11 Å². The Morgan fingerprint density at radius 3 is 2.82 bits per heavy atom. The second-order valence-electron chi connectivity index (χ2n) is 8.28. The van der Waals surface area contributed by atoms with Crippen LogP contribution in [0.4, 0.5) is 0 Å². The Balaban J connectivity index is 1.71. The molecule has 4 aliphatic rings. The summed E-state index contributed by atoms with van der Waals surface area (Å²) in [5.41, 5.74) is 6.46. The molecule has 1 heteroatoms. The van der Waals surface area contributed by atoms with Gasteiger partial charge in [0.1, 0.15) is 0 Å². The zero-order chi connectivity index (χ0) is 15.5. The summed E-state index contributed by atoms with van der Waals surface area (Å²) in [6.07, 6.45) is 12.4. The predicted octanol–water partition coefficient (Wildman–Crippen LogP) is 4.65. The van der Waals surface area contributed by atoms with Crippen molar-refractivity contribution < 1.29 is 5.11 Å². The number of aliphatic hydroxyl groups excluding tert-OH is 1. The van der Waals surface area contributed by atoms with E-state index in [-0.39, 0.29) is 11.5 Å². The number of rotatable bonds is 0. The molecule has 0 aromatic carbocycles. The van der Waals surface area contributed by atoms with Gasteiger partial charge in [0, 0.05) is 5.41 Å². The Morgan fingerprint density at radius 1 is 1.27 bits per heavy atom. The van der Waals surface area contributed by atoms with Crippen LogP contribution in [0.3, 0.4) is 0 Å². The summed E-state index contributed by atoms with van der Waals surface area (Å²) in [6, 6.07) is 0. The minimum absolute atomic E-state index is 0.183. The van der Waals surface area contributed by atoms with E-state index in [2.05, 4.69) is 38.3 Å². The van der Waals surface area contributed by atoms with E-state index in [0.29, 0.717) is 0 Å². The fraction of sp³-hybridized carbons (Fsp3) is 0.667. The van der Waals surface area contributed by atoms with Crippen LogP contribution in [-0.2, 0) is 0 Å². The summed E-state index contributed by atoms with van der Waals surface area (Å²) in [6.45, 7) is 8.81. The van der Waals surface area contributed by atoms with Gasteiger partial charge in [-0.1, -0.05) is 44.2 Å². The molecule has 0 bridgehead atoms. The zero-order valence-electron chi connectivity index (χ0n) is 13.9. The predicted molar refractivity (Wildman–Crippen MR) is 90.2 cm³/mol. The molecule has 1 nitrogen and oxygen atoms in total. The van der Waals surface area contributed by atoms with Gasteiger partial charge >= 0.3 is 0 Å². The Labute approximate surface area is 134 Å². The van der Waals surface area contributed by atoms with Gasteiger partial charge in [0.2, 0.25) is 0 Å². The maximum atomic E-state index is 9.95. The quantitative estimate of drug-likeness (QED) is 0.509. The molecule has 0 saturated heterocycles. The smallest absolute Gasteiger partial charge is 0.0905 e. The van der Waals surface area contributed by atoms with E-state index in [1.807, 2.05) is 6.08 Å². The molecule has 0 aliphatic heterocycles. The van der Waals surface area contributed by atoms with E-state index < -0.39 is 0 Å². The van der Waals surface area contributed by atoms with Crippen molar-refractivity contribution in [2.45, 2.75) is 52.1 Å². The first kappa shape index (κ1) is 14.5. The third-order valence-corrected chi connectivity index (χ3v) is 7.36. The second-order valence-corrected chi connectivity index (χ2v) is 8.28. The zero-order valence-corrected chi connectivity index (χ0v) is 13.9. The normalized spacial score (nSPS) is 49.8. The molecule has 4 aliphatic carbocycles. The molecule has 0 spiro atoms. The summed E-state index contributed by atoms with van der Waals surface area (Å²) >= 11 is 0. The molecule has 0 aromatic heterocycles. The van der Waals surface area contributed by atoms with E-state index >= 15 is 0 Å². The van der Waals surface area contributed by atoms with Gasteiger partial charge in [0.25, 0.3) is 0 Å². The number of allylic oxidation sites excluding steroid dienone is 3. The average Bonchev–Trinajstić information content (AvgIpc) is 2.94. The Morgan fingerprint density at radius 2 is 2.05 bits per heavy atom. The highest BCUT2D eigenvalue weighted by molar-refractivity contribution is 5.34. The minimum Gasteiger partial charge on any atom is -0.385 e. The van der Waals surface area contributed by atoms with E-state index in [4.69, 9.17) is 0 Å². The van der Waals surface area contributed by atoms with Crippen LogP contribution in [-0.4, -0.2) is 11.2 Å². The fourth-order valence-electron chi connectivity index (χ4n) is 6.39. The van der Waals surface area contributed by atoms with Gasteiger partial charge in [-0.25, -0.2) is 0 Å². The first-order valence-electron chi connectivity index (χ1n) is 9.02. The van der Waals surface area contributed by atoms with Crippen LogP contribution in [0.5, 0.6) is 0 Å². The maximum absolute atomic E-state index is 9.95. The topological polar surface area (TPSA) is 20.2 Å². The molecule has 0 heterocycles. The first-order chi connectivity index (χ1) is 10.5. The Bertz CT molecular complexity index is 591. The van der Waals surface area contributed by atoms with Crippen molar-refractivity contribution in [1.29, 1.82) is 0 Å². The molecule has 4 unspecified atom stereocenters. The summed E-state index contributed by atoms with van der Waals surface area (Å²) in [5, 5.41) is 9.95. The Kier molecular flexibility index (Phi) is 3.29. The van der Waals surface area contributed by atoms with Crippen LogP contribution in [0.15, 0.2) is 41.7 Å². The van der Waals surface area contributed by atoms with E-state index in [1.165, 1.54) is 43.3 Å². The highest BCUT2D eigenvalue weighted by Gasteiger charge is 2.54. The maximum Gasteiger partial charge on any atom is 0.0905 e. The second kappa shape index (κ2) is 4.98. The van der Waals surface area contributed by atoms with Gasteiger partial charge in [-0.05, 0) is 67.3 Å². The minimum atomic E-state index is -0.366. The number of hydrogen-bond acceptors (Lipinski definition) is 1. The van der Waals surface area contributed by atoms with Crippen LogP contribution in [0.1, 0.15) is 46.0 Å². The van der Waals surface area contributed by atoms with E-state index in [1.54, 1.807) is 0 Å². The summed E-state index contributed by atoms with van der Waals surface area (Å²) < 4.78 is 0. The monoisotopic (exact) mass is 296 g/mol. The van der Waals surface area contributed by atoms with Crippen LogP contribution >= 0.6 is 0 Å². The van der Waals surface area contributed by atoms with Crippen molar-refractivity contribution in [3.05, 3.63) is 41.7 Å². The lowest BCUT2D eigenvalue weighted by atomic mass is 9.49. The first-order valence-corrected chi connectivity index (χ1v) is 9.02. The summed E-state index contributed by atoms with van der Waals surface area (Å²) in [4.78, 5) is 0. The van der Waals surface area contributed by atoms with Crippen LogP contribution in [0, 0.1) is 35.0 Å². The molecule has 22 heavy (non-hydrogen) atoms. The third kappa shape index (κ3) is 1.88. The highest BCUT2D eigenvalue weighted by atomic mass is 16.3. The summed E-state index contributed by atoms with van der Waals surface area (Å²) in [5.74, 6) is 3.92. The SMILES string of the molecule is C=C=C1CCC2C3CCC4=C[C@@H](O)C=C[C@]4(C)C3C[C@@H](C)C12.